The van der Waals surface area contributed by atoms with Gasteiger partial charge in [0.1, 0.15) is 0 Å². The summed E-state index contributed by atoms with van der Waals surface area (Å²) in [5.74, 6) is 1.33. The number of anilines is 1. The van der Waals surface area contributed by atoms with Crippen LogP contribution >= 0.6 is 0 Å². The highest BCUT2D eigenvalue weighted by Gasteiger charge is 2.23. The van der Waals surface area contributed by atoms with Crippen molar-refractivity contribution in [3.05, 3.63) is 71.7 Å². The second kappa shape index (κ2) is 7.95. The molecule has 1 aromatic carbocycles. The molecule has 5 nitrogen and oxygen atoms in total. The Kier molecular flexibility index (Phi) is 5.46. The second-order valence-electron chi connectivity index (χ2n) is 6.22. The molecule has 0 aliphatic carbocycles. The average molecular weight is 349 g/mol. The summed E-state index contributed by atoms with van der Waals surface area (Å²) in [6.07, 6.45) is 11.2. The van der Waals surface area contributed by atoms with Crippen LogP contribution in [0.2, 0.25) is 0 Å². The number of nitrogens with zero attached hydrogens (tertiary/aromatic N) is 3. The SMILES string of the molecule is CCCC(=O)c1ccc(C2C=CC=CN2c2ncc(C)nc2OC)cc1. The molecule has 0 spiro atoms. The molecule has 1 aliphatic rings. The van der Waals surface area contributed by atoms with E-state index in [2.05, 4.69) is 16.0 Å². The minimum absolute atomic E-state index is 0.0405. The van der Waals surface area contributed by atoms with Crippen LogP contribution in [0.25, 0.3) is 0 Å². The lowest BCUT2D eigenvalue weighted by Gasteiger charge is -2.30. The zero-order chi connectivity index (χ0) is 18.5. The van der Waals surface area contributed by atoms with Crippen molar-refractivity contribution in [1.29, 1.82) is 0 Å². The number of aromatic nitrogens is 2. The topological polar surface area (TPSA) is 55.3 Å². The molecule has 2 aromatic rings. The summed E-state index contributed by atoms with van der Waals surface area (Å²) in [5, 5.41) is 0. The van der Waals surface area contributed by atoms with Crippen molar-refractivity contribution >= 4 is 11.6 Å². The zero-order valence-electron chi connectivity index (χ0n) is 15.3. The van der Waals surface area contributed by atoms with E-state index in [1.165, 1.54) is 0 Å². The predicted molar refractivity (Wildman–Crippen MR) is 103 cm³/mol. The smallest absolute Gasteiger partial charge is 0.257 e. The number of methoxy groups -OCH3 is 1. The molecular formula is C21H23N3O2. The van der Waals surface area contributed by atoms with Crippen LogP contribution in [0.3, 0.4) is 0 Å². The number of carbonyl (C=O) groups is 1. The number of rotatable bonds is 6. The Morgan fingerprint density at radius 2 is 2.00 bits per heavy atom. The fourth-order valence-corrected chi connectivity index (χ4v) is 2.97. The maximum Gasteiger partial charge on any atom is 0.257 e. The zero-order valence-corrected chi connectivity index (χ0v) is 15.3. The minimum Gasteiger partial charge on any atom is -0.478 e. The molecule has 3 rings (SSSR count). The first-order chi connectivity index (χ1) is 12.6. The first kappa shape index (κ1) is 17.9. The minimum atomic E-state index is -0.0405. The van der Waals surface area contributed by atoms with Gasteiger partial charge < -0.3 is 9.64 Å². The molecule has 0 bridgehead atoms. The Bertz CT molecular complexity index is 841. The van der Waals surface area contributed by atoms with Gasteiger partial charge in [-0.3, -0.25) is 4.79 Å². The molecule has 0 saturated carbocycles. The first-order valence-corrected chi connectivity index (χ1v) is 8.78. The predicted octanol–water partition coefficient (Wildman–Crippen LogP) is 4.41. The molecule has 0 amide bonds. The fourth-order valence-electron chi connectivity index (χ4n) is 2.97. The van der Waals surface area contributed by atoms with E-state index >= 15 is 0 Å². The summed E-state index contributed by atoms with van der Waals surface area (Å²) in [6, 6.07) is 7.75. The van der Waals surface area contributed by atoms with Crippen LogP contribution in [0.1, 0.15) is 47.4 Å². The number of Topliss-reactive ketones (excluding diaryl/α,β-unsaturated/α-hetero) is 1. The van der Waals surface area contributed by atoms with Gasteiger partial charge in [0.25, 0.3) is 5.88 Å². The van der Waals surface area contributed by atoms with Gasteiger partial charge >= 0.3 is 0 Å². The van der Waals surface area contributed by atoms with E-state index in [-0.39, 0.29) is 11.8 Å². The van der Waals surface area contributed by atoms with E-state index in [9.17, 15) is 4.79 Å². The van der Waals surface area contributed by atoms with Crippen molar-refractivity contribution in [2.45, 2.75) is 32.7 Å². The van der Waals surface area contributed by atoms with Crippen LogP contribution in [-0.4, -0.2) is 22.9 Å². The molecule has 1 aliphatic heterocycles. The Balaban J connectivity index is 1.92. The summed E-state index contributed by atoms with van der Waals surface area (Å²) in [6.45, 7) is 3.90. The molecule has 0 fully saturated rings. The van der Waals surface area contributed by atoms with Gasteiger partial charge in [0.15, 0.2) is 11.6 Å². The maximum absolute atomic E-state index is 12.1. The number of aryl methyl sites for hydroxylation is 1. The summed E-state index contributed by atoms with van der Waals surface area (Å²) in [5.41, 5.74) is 2.63. The summed E-state index contributed by atoms with van der Waals surface area (Å²) < 4.78 is 5.42. The van der Waals surface area contributed by atoms with E-state index < -0.39 is 0 Å². The van der Waals surface area contributed by atoms with Gasteiger partial charge in [-0.2, -0.15) is 0 Å². The Morgan fingerprint density at radius 1 is 1.23 bits per heavy atom. The van der Waals surface area contributed by atoms with Crippen LogP contribution in [-0.2, 0) is 0 Å². The van der Waals surface area contributed by atoms with Crippen molar-refractivity contribution in [2.24, 2.45) is 0 Å². The van der Waals surface area contributed by atoms with Gasteiger partial charge in [-0.25, -0.2) is 9.97 Å². The van der Waals surface area contributed by atoms with Gasteiger partial charge in [0.05, 0.1) is 25.0 Å². The molecule has 5 heteroatoms. The Labute approximate surface area is 154 Å². The molecular weight excluding hydrogens is 326 g/mol. The van der Waals surface area contributed by atoms with E-state index in [4.69, 9.17) is 4.74 Å². The van der Waals surface area contributed by atoms with Crippen LogP contribution in [0.15, 0.2) is 54.9 Å². The summed E-state index contributed by atoms with van der Waals surface area (Å²) >= 11 is 0. The number of ketones is 1. The fraction of sp³-hybridized carbons (Fsp3) is 0.286. The maximum atomic E-state index is 12.1. The average Bonchev–Trinajstić information content (AvgIpc) is 2.68. The highest BCUT2D eigenvalue weighted by molar-refractivity contribution is 5.96. The number of hydrogen-bond donors (Lipinski definition) is 0. The van der Waals surface area contributed by atoms with Gasteiger partial charge in [0.2, 0.25) is 0 Å². The standard InChI is InChI=1S/C21H23N3O2/c1-4-7-19(25)17-11-9-16(10-12-17)18-8-5-6-13-24(18)20-21(26-3)23-15(2)14-22-20/h5-6,8-14,18H,4,7H2,1-3H3. The molecule has 1 atom stereocenters. The monoisotopic (exact) mass is 349 g/mol. The molecule has 0 N–H and O–H groups in total. The van der Waals surface area contributed by atoms with E-state index in [0.29, 0.717) is 18.1 Å². The first-order valence-electron chi connectivity index (χ1n) is 8.78. The van der Waals surface area contributed by atoms with E-state index in [1.54, 1.807) is 13.3 Å². The number of carbonyl (C=O) groups excluding carboxylic acids is 1. The molecule has 0 radical (unpaired) electrons. The number of benzene rings is 1. The largest absolute Gasteiger partial charge is 0.478 e. The lowest BCUT2D eigenvalue weighted by molar-refractivity contribution is 0.0981. The normalized spacial score (nSPS) is 16.0. The molecule has 1 unspecified atom stereocenters. The second-order valence-corrected chi connectivity index (χ2v) is 6.22. The van der Waals surface area contributed by atoms with Crippen molar-refractivity contribution in [3.63, 3.8) is 0 Å². The van der Waals surface area contributed by atoms with Crippen molar-refractivity contribution < 1.29 is 9.53 Å². The number of hydrogen-bond acceptors (Lipinski definition) is 5. The quantitative estimate of drug-likeness (QED) is 0.723. The third-order valence-electron chi connectivity index (χ3n) is 4.28. The van der Waals surface area contributed by atoms with Gasteiger partial charge in [0, 0.05) is 18.2 Å². The highest BCUT2D eigenvalue weighted by Crippen LogP contribution is 2.34. The van der Waals surface area contributed by atoms with E-state index in [1.807, 2.05) is 61.4 Å². The summed E-state index contributed by atoms with van der Waals surface area (Å²) in [4.78, 5) is 23.0. The van der Waals surface area contributed by atoms with Crippen LogP contribution < -0.4 is 9.64 Å². The third kappa shape index (κ3) is 3.67. The number of allylic oxidation sites excluding steroid dienone is 2. The molecule has 134 valence electrons. The van der Waals surface area contributed by atoms with Crippen molar-refractivity contribution in [3.8, 4) is 5.88 Å². The van der Waals surface area contributed by atoms with Gasteiger partial charge in [-0.05, 0) is 25.0 Å². The third-order valence-corrected chi connectivity index (χ3v) is 4.28. The highest BCUT2D eigenvalue weighted by atomic mass is 16.5. The Hall–Kier alpha value is -2.95. The molecule has 2 heterocycles. The lowest BCUT2D eigenvalue weighted by Crippen LogP contribution is -2.25. The van der Waals surface area contributed by atoms with Crippen molar-refractivity contribution in [2.75, 3.05) is 12.0 Å². The van der Waals surface area contributed by atoms with Crippen LogP contribution in [0.4, 0.5) is 5.82 Å². The molecule has 26 heavy (non-hydrogen) atoms. The van der Waals surface area contributed by atoms with Crippen molar-refractivity contribution in [1.82, 2.24) is 9.97 Å². The summed E-state index contributed by atoms with van der Waals surface area (Å²) in [7, 11) is 1.60. The number of ether oxygens (including phenoxy) is 1. The molecule has 1 aromatic heterocycles. The van der Waals surface area contributed by atoms with Gasteiger partial charge in [-0.1, -0.05) is 43.3 Å². The van der Waals surface area contributed by atoms with Crippen LogP contribution in [0.5, 0.6) is 5.88 Å². The van der Waals surface area contributed by atoms with Gasteiger partial charge in [-0.15, -0.1) is 0 Å². The lowest BCUT2D eigenvalue weighted by atomic mass is 9.99. The Morgan fingerprint density at radius 3 is 2.69 bits per heavy atom. The van der Waals surface area contributed by atoms with E-state index in [0.717, 1.165) is 23.2 Å². The molecule has 0 saturated heterocycles. The van der Waals surface area contributed by atoms with Crippen LogP contribution in [0, 0.1) is 6.92 Å².